The molecule has 0 heteroatoms. The predicted molar refractivity (Wildman–Crippen MR) is 214 cm³/mol. The molecule has 0 saturated heterocycles. The molecule has 4 atom stereocenters. The van der Waals surface area contributed by atoms with E-state index in [0.29, 0.717) is 21.7 Å². The second kappa shape index (κ2) is 10.1. The number of hydrogen-bond donors (Lipinski definition) is 0. The minimum atomic E-state index is 0.218. The second-order valence-electron chi connectivity index (χ2n) is 20.6. The Hall–Kier alpha value is -3.38. The first-order chi connectivity index (χ1) is 23.7. The van der Waals surface area contributed by atoms with Crippen LogP contribution in [0.15, 0.2) is 87.0 Å². The van der Waals surface area contributed by atoms with Crippen LogP contribution in [-0.4, -0.2) is 0 Å². The van der Waals surface area contributed by atoms with E-state index in [1.54, 1.807) is 11.1 Å². The minimum absolute atomic E-state index is 0.218. The summed E-state index contributed by atoms with van der Waals surface area (Å²) >= 11 is 0. The lowest BCUT2D eigenvalue weighted by atomic mass is 9.34. The van der Waals surface area contributed by atoms with E-state index in [4.69, 9.17) is 0 Å². The highest BCUT2D eigenvalue weighted by Crippen LogP contribution is 2.76. The van der Waals surface area contributed by atoms with Crippen LogP contribution in [0.1, 0.15) is 149 Å². The van der Waals surface area contributed by atoms with Crippen LogP contribution < -0.4 is 0 Å². The van der Waals surface area contributed by atoms with Crippen LogP contribution >= 0.6 is 0 Å². The predicted octanol–water partition coefficient (Wildman–Crippen LogP) is 13.4. The van der Waals surface area contributed by atoms with Crippen molar-refractivity contribution in [2.75, 3.05) is 0 Å². The van der Waals surface area contributed by atoms with Gasteiger partial charge in [-0.15, -0.1) is 0 Å². The number of benzene rings is 3. The number of hydrogen-bond acceptors (Lipinski definition) is 0. The van der Waals surface area contributed by atoms with Crippen molar-refractivity contribution < 1.29 is 0 Å². The zero-order valence-corrected chi connectivity index (χ0v) is 31.4. The van der Waals surface area contributed by atoms with Crippen molar-refractivity contribution in [3.8, 4) is 0 Å². The molecule has 4 unspecified atom stereocenters. The van der Waals surface area contributed by atoms with E-state index in [1.165, 1.54) is 110 Å². The van der Waals surface area contributed by atoms with Gasteiger partial charge in [-0.1, -0.05) is 139 Å². The summed E-state index contributed by atoms with van der Waals surface area (Å²) in [4.78, 5) is 0. The van der Waals surface area contributed by atoms with E-state index < -0.39 is 0 Å². The molecule has 8 aliphatic carbocycles. The molecule has 0 radical (unpaired) electrons. The van der Waals surface area contributed by atoms with Gasteiger partial charge in [0.2, 0.25) is 0 Å². The van der Waals surface area contributed by atoms with E-state index in [9.17, 15) is 0 Å². The fourth-order valence-electron chi connectivity index (χ4n) is 16.3. The third-order valence-corrected chi connectivity index (χ3v) is 15.6. The summed E-state index contributed by atoms with van der Waals surface area (Å²) in [7, 11) is 0. The summed E-state index contributed by atoms with van der Waals surface area (Å²) in [5.41, 5.74) is 13.5. The zero-order chi connectivity index (χ0) is 35.0. The molecule has 0 aromatic heterocycles. The Balaban J connectivity index is 1.10. The topological polar surface area (TPSA) is 0 Å². The Bertz CT molecular complexity index is 1780. The second-order valence-corrected chi connectivity index (χ2v) is 20.6. The van der Waals surface area contributed by atoms with Crippen LogP contribution in [0.5, 0.6) is 0 Å². The molecule has 3 aromatic carbocycles. The van der Waals surface area contributed by atoms with Gasteiger partial charge in [-0.3, -0.25) is 0 Å². The molecule has 3 aromatic rings. The van der Waals surface area contributed by atoms with Gasteiger partial charge in [-0.25, -0.2) is 0 Å². The summed E-state index contributed by atoms with van der Waals surface area (Å²) in [6, 6.07) is 24.9. The van der Waals surface area contributed by atoms with Gasteiger partial charge in [0.15, 0.2) is 0 Å². The third-order valence-electron chi connectivity index (χ3n) is 15.6. The summed E-state index contributed by atoms with van der Waals surface area (Å²) in [6.45, 7) is 27.0. The van der Waals surface area contributed by atoms with Crippen molar-refractivity contribution in [2.45, 2.75) is 126 Å². The zero-order valence-electron chi connectivity index (χ0n) is 31.4. The quantitative estimate of drug-likeness (QED) is 0.226. The molecule has 11 rings (SSSR count). The average Bonchev–Trinajstić information content (AvgIpc) is 3.04. The van der Waals surface area contributed by atoms with Gasteiger partial charge >= 0.3 is 0 Å². The van der Waals surface area contributed by atoms with E-state index >= 15 is 0 Å². The number of rotatable bonds is 8. The van der Waals surface area contributed by atoms with Crippen LogP contribution in [0.25, 0.3) is 24.3 Å². The maximum Gasteiger partial charge on any atom is -0.00279 e. The molecule has 0 aliphatic heterocycles. The normalized spacial score (nSPS) is 42.0. The first-order valence-corrected chi connectivity index (χ1v) is 19.6. The van der Waals surface area contributed by atoms with Crippen molar-refractivity contribution in [3.63, 3.8) is 0 Å². The lowest BCUT2D eigenvalue weighted by Crippen LogP contribution is -2.63. The average molecular weight is 659 g/mol. The molecule has 8 fully saturated rings. The highest BCUT2D eigenvalue weighted by atomic mass is 14.7. The Labute approximate surface area is 302 Å². The van der Waals surface area contributed by atoms with E-state index in [1.807, 2.05) is 24.3 Å². The molecule has 8 saturated carbocycles. The minimum Gasteiger partial charge on any atom is -0.0984 e. The van der Waals surface area contributed by atoms with Crippen molar-refractivity contribution in [3.05, 3.63) is 131 Å². The molecular formula is C50H58. The van der Waals surface area contributed by atoms with Crippen molar-refractivity contribution in [1.29, 1.82) is 0 Å². The van der Waals surface area contributed by atoms with Crippen molar-refractivity contribution in [1.82, 2.24) is 0 Å². The van der Waals surface area contributed by atoms with E-state index in [0.717, 1.165) is 0 Å². The summed E-state index contributed by atoms with van der Waals surface area (Å²) in [6.07, 6.45) is 23.8. The Kier molecular flexibility index (Phi) is 6.60. The van der Waals surface area contributed by atoms with Gasteiger partial charge in [0.1, 0.15) is 0 Å². The third kappa shape index (κ3) is 4.55. The van der Waals surface area contributed by atoms with Crippen LogP contribution in [0, 0.1) is 21.7 Å². The van der Waals surface area contributed by atoms with Crippen molar-refractivity contribution in [2.24, 2.45) is 21.7 Å². The molecule has 258 valence electrons. The molecule has 0 spiro atoms. The fourth-order valence-corrected chi connectivity index (χ4v) is 16.3. The molecule has 0 heterocycles. The molecule has 0 N–H and O–H groups in total. The Morgan fingerprint density at radius 3 is 0.880 bits per heavy atom. The SMILES string of the molecule is C=Cc1ccc(C23CC4(C)CC(C)(CC(c5ccc(C67CC8(C)CC(C)(C6)CC(c6ccc(C=C)c(C=C)c6)(C8)C7)cc5)(C4)C2)C3)cc1C=C. The van der Waals surface area contributed by atoms with Crippen LogP contribution in [0.3, 0.4) is 0 Å². The van der Waals surface area contributed by atoms with Gasteiger partial charge < -0.3 is 0 Å². The molecular weight excluding hydrogens is 601 g/mol. The first kappa shape index (κ1) is 32.5. The lowest BCUT2D eigenvalue weighted by Gasteiger charge is -2.70. The fraction of sp³-hybridized carbons (Fsp3) is 0.480. The highest BCUT2D eigenvalue weighted by molar-refractivity contribution is 5.66. The smallest absolute Gasteiger partial charge is 0.00279 e. The molecule has 50 heavy (non-hydrogen) atoms. The Morgan fingerprint density at radius 2 is 0.600 bits per heavy atom. The largest absolute Gasteiger partial charge is 0.0984 e. The van der Waals surface area contributed by atoms with Crippen LogP contribution in [-0.2, 0) is 21.7 Å². The van der Waals surface area contributed by atoms with E-state index in [2.05, 4.69) is 115 Å². The molecule has 0 nitrogen and oxygen atoms in total. The van der Waals surface area contributed by atoms with Gasteiger partial charge in [0.25, 0.3) is 0 Å². The summed E-state index contributed by atoms with van der Waals surface area (Å²) < 4.78 is 0. The van der Waals surface area contributed by atoms with Gasteiger partial charge in [0, 0.05) is 0 Å². The van der Waals surface area contributed by atoms with Gasteiger partial charge in [-0.05, 0) is 165 Å². The monoisotopic (exact) mass is 658 g/mol. The highest BCUT2D eigenvalue weighted by Gasteiger charge is 2.68. The van der Waals surface area contributed by atoms with Crippen LogP contribution in [0.4, 0.5) is 0 Å². The van der Waals surface area contributed by atoms with Crippen LogP contribution in [0.2, 0.25) is 0 Å². The summed E-state index contributed by atoms with van der Waals surface area (Å²) in [5.74, 6) is 0. The lowest BCUT2D eigenvalue weighted by molar-refractivity contribution is -0.128. The van der Waals surface area contributed by atoms with E-state index in [-0.39, 0.29) is 21.7 Å². The Morgan fingerprint density at radius 1 is 0.340 bits per heavy atom. The maximum absolute atomic E-state index is 4.18. The molecule has 8 aliphatic rings. The summed E-state index contributed by atoms with van der Waals surface area (Å²) in [5, 5.41) is 0. The van der Waals surface area contributed by atoms with Gasteiger partial charge in [-0.2, -0.15) is 0 Å². The van der Waals surface area contributed by atoms with Gasteiger partial charge in [0.05, 0.1) is 0 Å². The maximum atomic E-state index is 4.18. The molecule has 0 amide bonds. The van der Waals surface area contributed by atoms with Crippen molar-refractivity contribution >= 4 is 24.3 Å². The first-order valence-electron chi connectivity index (χ1n) is 19.6. The molecule has 8 bridgehead atoms. The standard InChI is InChI=1S/C50H58/c1-9-35-13-15-41(21-37(35)11-3)49-29-43(5)23-44(6,30-49)26-47(25-43,33-49)39-17-19-40(20-18-39)48-27-45(7)24-46(8,28-48)32-50(31-45,34-48)42-16-14-36(10-2)38(12-4)22-42/h9-22H,1-4,23-34H2,5-8H3.